The Kier molecular flexibility index (Phi) is 5.31. The lowest BCUT2D eigenvalue weighted by atomic mass is 9.73. The summed E-state index contributed by atoms with van der Waals surface area (Å²) < 4.78 is 13.4. The molecule has 0 atom stereocenters. The summed E-state index contributed by atoms with van der Waals surface area (Å²) in [5.41, 5.74) is 1.83. The molecule has 0 spiro atoms. The molecule has 0 unspecified atom stereocenters. The summed E-state index contributed by atoms with van der Waals surface area (Å²) >= 11 is 0. The fourth-order valence-corrected chi connectivity index (χ4v) is 5.97. The zero-order valence-corrected chi connectivity index (χ0v) is 20.1. The van der Waals surface area contributed by atoms with Gasteiger partial charge >= 0.3 is 6.09 Å². The van der Waals surface area contributed by atoms with Gasteiger partial charge in [0.2, 0.25) is 5.88 Å². The first-order valence-electron chi connectivity index (χ1n) is 12.2. The fourth-order valence-electron chi connectivity index (χ4n) is 5.97. The molecule has 0 aliphatic carbocycles. The van der Waals surface area contributed by atoms with Gasteiger partial charge in [-0.2, -0.15) is 0 Å². The maximum Gasteiger partial charge on any atom is 0.410 e. The van der Waals surface area contributed by atoms with E-state index in [9.17, 15) is 4.79 Å². The van der Waals surface area contributed by atoms with Crippen molar-refractivity contribution in [3.63, 3.8) is 0 Å². The molecule has 7 rings (SSSR count). The molecular weight excluding hydrogens is 446 g/mol. The lowest BCUT2D eigenvalue weighted by Crippen LogP contribution is -2.70. The smallest absolute Gasteiger partial charge is 0.410 e. The van der Waals surface area contributed by atoms with E-state index in [1.165, 1.54) is 0 Å². The molecule has 35 heavy (non-hydrogen) atoms. The number of amides is 1. The van der Waals surface area contributed by atoms with E-state index >= 15 is 0 Å². The highest BCUT2D eigenvalue weighted by Crippen LogP contribution is 2.47. The monoisotopic (exact) mass is 475 g/mol. The molecule has 0 N–H and O–H groups in total. The van der Waals surface area contributed by atoms with Gasteiger partial charge in [0.1, 0.15) is 17.9 Å². The molecule has 4 saturated heterocycles. The number of aromatic nitrogens is 5. The van der Waals surface area contributed by atoms with Crippen LogP contribution in [0.5, 0.6) is 11.6 Å². The number of rotatable bonds is 5. The van der Waals surface area contributed by atoms with Crippen molar-refractivity contribution in [3.05, 3.63) is 48.5 Å². The third kappa shape index (κ3) is 3.86. The first-order valence-corrected chi connectivity index (χ1v) is 12.2. The van der Waals surface area contributed by atoms with Gasteiger partial charge in [-0.1, -0.05) is 5.21 Å². The molecule has 0 saturated carbocycles. The van der Waals surface area contributed by atoms with Crippen LogP contribution >= 0.6 is 0 Å². The number of ether oxygens (including phenoxy) is 2. The SMILES string of the molecule is Cc1c(Oc2ccc(-n3ccnn3)cc2)ncnc1N1C2CC3CC1CC(C2)N3C(=O)OC(C)C. The van der Waals surface area contributed by atoms with E-state index in [0.29, 0.717) is 23.7 Å². The molecule has 0 radical (unpaired) electrons. The molecule has 6 heterocycles. The van der Waals surface area contributed by atoms with Gasteiger partial charge < -0.3 is 19.3 Å². The lowest BCUT2D eigenvalue weighted by Gasteiger charge is -2.61. The molecule has 1 aromatic carbocycles. The van der Waals surface area contributed by atoms with Gasteiger partial charge in [-0.05, 0) is 70.7 Å². The zero-order chi connectivity index (χ0) is 24.1. The van der Waals surface area contributed by atoms with Gasteiger partial charge in [-0.25, -0.2) is 19.4 Å². The predicted molar refractivity (Wildman–Crippen MR) is 128 cm³/mol. The Labute approximate surface area is 203 Å². The molecule has 182 valence electrons. The van der Waals surface area contributed by atoms with E-state index in [1.54, 1.807) is 23.4 Å². The Morgan fingerprint density at radius 2 is 1.69 bits per heavy atom. The van der Waals surface area contributed by atoms with Crippen molar-refractivity contribution in [1.82, 2.24) is 29.9 Å². The van der Waals surface area contributed by atoms with Crippen molar-refractivity contribution < 1.29 is 14.3 Å². The van der Waals surface area contributed by atoms with Crippen LogP contribution in [0.25, 0.3) is 5.69 Å². The molecule has 4 fully saturated rings. The minimum Gasteiger partial charge on any atom is -0.447 e. The van der Waals surface area contributed by atoms with Gasteiger partial charge in [-0.3, -0.25) is 0 Å². The normalized spacial score (nSPS) is 24.8. The Morgan fingerprint density at radius 1 is 1.00 bits per heavy atom. The Bertz CT molecular complexity index is 1180. The van der Waals surface area contributed by atoms with E-state index in [2.05, 4.69) is 25.2 Å². The van der Waals surface area contributed by atoms with Gasteiger partial charge in [0, 0.05) is 24.2 Å². The maximum atomic E-state index is 12.7. The third-order valence-electron chi connectivity index (χ3n) is 7.29. The molecule has 10 nitrogen and oxygen atoms in total. The van der Waals surface area contributed by atoms with Crippen LogP contribution in [0, 0.1) is 6.92 Å². The second-order valence-corrected chi connectivity index (χ2v) is 9.88. The number of carbonyl (C=O) groups is 1. The molecule has 2 aromatic heterocycles. The predicted octanol–water partition coefficient (Wildman–Crippen LogP) is 3.89. The number of benzene rings is 1. The van der Waals surface area contributed by atoms with Crippen molar-refractivity contribution in [2.45, 2.75) is 76.7 Å². The Hall–Kier alpha value is -3.69. The van der Waals surface area contributed by atoms with E-state index in [-0.39, 0.29) is 24.3 Å². The van der Waals surface area contributed by atoms with Crippen molar-refractivity contribution in [3.8, 4) is 17.3 Å². The standard InChI is InChI=1S/C25H29N7O3/c1-15(2)34-25(33)32-20-10-18-11-21(32)13-19(12-20)31(18)23-16(3)24(27-14-26-23)35-22-6-4-17(5-7-22)30-9-8-28-29-30/h4-9,14-15,18-21H,10-13H2,1-3H3. The van der Waals surface area contributed by atoms with Crippen molar-refractivity contribution in [1.29, 1.82) is 0 Å². The highest BCUT2D eigenvalue weighted by Gasteiger charge is 2.53. The molecule has 10 heteroatoms. The molecule has 4 aliphatic heterocycles. The molecule has 1 amide bonds. The molecular formula is C25H29N7O3. The van der Waals surface area contributed by atoms with Crippen LogP contribution in [0.15, 0.2) is 43.0 Å². The second kappa shape index (κ2) is 8.51. The van der Waals surface area contributed by atoms with Crippen molar-refractivity contribution in [2.75, 3.05) is 4.90 Å². The van der Waals surface area contributed by atoms with Gasteiger partial charge in [0.05, 0.1) is 29.7 Å². The number of anilines is 1. The third-order valence-corrected chi connectivity index (χ3v) is 7.29. The summed E-state index contributed by atoms with van der Waals surface area (Å²) in [4.78, 5) is 26.3. The highest BCUT2D eigenvalue weighted by atomic mass is 16.6. The Balaban J connectivity index is 1.20. The molecule has 4 bridgehead atoms. The van der Waals surface area contributed by atoms with E-state index in [1.807, 2.05) is 49.9 Å². The second-order valence-electron chi connectivity index (χ2n) is 9.88. The first kappa shape index (κ1) is 21.8. The summed E-state index contributed by atoms with van der Waals surface area (Å²) in [5, 5.41) is 7.86. The Morgan fingerprint density at radius 3 is 2.29 bits per heavy atom. The van der Waals surface area contributed by atoms with Gasteiger partial charge in [0.15, 0.2) is 0 Å². The topological polar surface area (TPSA) is 98.5 Å². The van der Waals surface area contributed by atoms with Gasteiger partial charge in [0.25, 0.3) is 0 Å². The van der Waals surface area contributed by atoms with Crippen molar-refractivity contribution in [2.24, 2.45) is 0 Å². The van der Waals surface area contributed by atoms with Crippen LogP contribution in [-0.2, 0) is 4.74 Å². The number of nitrogens with zero attached hydrogens (tertiary/aromatic N) is 7. The van der Waals surface area contributed by atoms with Crippen LogP contribution in [0.1, 0.15) is 45.1 Å². The van der Waals surface area contributed by atoms with Crippen molar-refractivity contribution >= 4 is 11.9 Å². The van der Waals surface area contributed by atoms with Crippen LogP contribution in [0.3, 0.4) is 0 Å². The maximum absolute atomic E-state index is 12.7. The summed E-state index contributed by atoms with van der Waals surface area (Å²) in [6, 6.07) is 8.83. The molecule has 3 aromatic rings. The van der Waals surface area contributed by atoms with Crippen LogP contribution in [0.2, 0.25) is 0 Å². The fraction of sp³-hybridized carbons (Fsp3) is 0.480. The number of hydrogen-bond donors (Lipinski definition) is 0. The zero-order valence-electron chi connectivity index (χ0n) is 20.1. The largest absolute Gasteiger partial charge is 0.447 e. The van der Waals surface area contributed by atoms with E-state index in [0.717, 1.165) is 42.8 Å². The minimum atomic E-state index is -0.163. The van der Waals surface area contributed by atoms with Crippen LogP contribution in [-0.4, -0.2) is 66.2 Å². The summed E-state index contributed by atoms with van der Waals surface area (Å²) in [5.74, 6) is 2.18. The molecule has 4 aliphatic rings. The van der Waals surface area contributed by atoms with Crippen LogP contribution in [0.4, 0.5) is 10.6 Å². The lowest BCUT2D eigenvalue weighted by molar-refractivity contribution is -0.0215. The summed E-state index contributed by atoms with van der Waals surface area (Å²) in [6.07, 6.45) is 8.49. The summed E-state index contributed by atoms with van der Waals surface area (Å²) in [6.45, 7) is 5.82. The highest BCUT2D eigenvalue weighted by molar-refractivity contribution is 5.70. The number of carbonyl (C=O) groups excluding carboxylic acids is 1. The van der Waals surface area contributed by atoms with Gasteiger partial charge in [-0.15, -0.1) is 5.10 Å². The average Bonchev–Trinajstić information content (AvgIpc) is 3.36. The minimum absolute atomic E-state index is 0.1000. The number of hydrogen-bond acceptors (Lipinski definition) is 8. The van der Waals surface area contributed by atoms with Crippen LogP contribution < -0.4 is 9.64 Å². The average molecular weight is 476 g/mol. The summed E-state index contributed by atoms with van der Waals surface area (Å²) in [7, 11) is 0. The van der Waals surface area contributed by atoms with E-state index in [4.69, 9.17) is 9.47 Å². The first-order chi connectivity index (χ1) is 17.0. The van der Waals surface area contributed by atoms with E-state index < -0.39 is 0 Å². The number of piperidine rings is 4. The quantitative estimate of drug-likeness (QED) is 0.548.